The first kappa shape index (κ1) is 12.4. The maximum absolute atomic E-state index is 12.2. The lowest BCUT2D eigenvalue weighted by molar-refractivity contribution is 0.102. The number of carbonyl (C=O) groups excluding carboxylic acids is 1. The molecule has 1 aromatic heterocycles. The molecule has 0 saturated carbocycles. The first-order chi connectivity index (χ1) is 8.63. The van der Waals surface area contributed by atoms with E-state index in [1.807, 2.05) is 45.0 Å². The molecule has 0 spiro atoms. The molecule has 0 aliphatic carbocycles. The fourth-order valence-electron chi connectivity index (χ4n) is 1.83. The molecule has 4 nitrogen and oxygen atoms in total. The molecular weight excluding hydrogens is 226 g/mol. The van der Waals surface area contributed by atoms with E-state index < -0.39 is 0 Å². The standard InChI is InChI=1S/C14H17N3O/c1-4-11-7-5-6-8-12(11)14(18)15-13-9(2)10(3)16-17-13/h5-8H,4H2,1-3H3,(H2,15,16,17,18). The molecular formula is C14H17N3O. The quantitative estimate of drug-likeness (QED) is 0.870. The predicted molar refractivity (Wildman–Crippen MR) is 71.8 cm³/mol. The van der Waals surface area contributed by atoms with Crippen molar-refractivity contribution in [2.45, 2.75) is 27.2 Å². The van der Waals surface area contributed by atoms with Crippen molar-refractivity contribution in [3.8, 4) is 0 Å². The minimum atomic E-state index is -0.109. The van der Waals surface area contributed by atoms with Crippen LogP contribution in [0.5, 0.6) is 0 Å². The van der Waals surface area contributed by atoms with Crippen molar-refractivity contribution in [2.75, 3.05) is 5.32 Å². The number of rotatable bonds is 3. The summed E-state index contributed by atoms with van der Waals surface area (Å²) in [4.78, 5) is 12.2. The Kier molecular flexibility index (Phi) is 3.46. The van der Waals surface area contributed by atoms with Crippen molar-refractivity contribution in [1.82, 2.24) is 10.2 Å². The second-order valence-electron chi connectivity index (χ2n) is 4.29. The highest BCUT2D eigenvalue weighted by molar-refractivity contribution is 6.05. The molecule has 2 aromatic rings. The summed E-state index contributed by atoms with van der Waals surface area (Å²) in [5.74, 6) is 0.491. The van der Waals surface area contributed by atoms with Crippen LogP contribution in [0.25, 0.3) is 0 Å². The molecule has 18 heavy (non-hydrogen) atoms. The average molecular weight is 243 g/mol. The van der Waals surface area contributed by atoms with Gasteiger partial charge in [0.05, 0.1) is 0 Å². The zero-order chi connectivity index (χ0) is 13.1. The number of hydrogen-bond acceptors (Lipinski definition) is 2. The molecule has 0 saturated heterocycles. The highest BCUT2D eigenvalue weighted by atomic mass is 16.1. The Bertz CT molecular complexity index is 572. The van der Waals surface area contributed by atoms with Crippen LogP contribution < -0.4 is 5.32 Å². The second-order valence-corrected chi connectivity index (χ2v) is 4.29. The molecule has 0 bridgehead atoms. The maximum atomic E-state index is 12.2. The number of hydrogen-bond donors (Lipinski definition) is 2. The van der Waals surface area contributed by atoms with Crippen molar-refractivity contribution < 1.29 is 4.79 Å². The fourth-order valence-corrected chi connectivity index (χ4v) is 1.83. The van der Waals surface area contributed by atoms with E-state index in [1.165, 1.54) is 0 Å². The smallest absolute Gasteiger partial charge is 0.257 e. The van der Waals surface area contributed by atoms with E-state index in [4.69, 9.17) is 0 Å². The highest BCUT2D eigenvalue weighted by Crippen LogP contribution is 2.16. The lowest BCUT2D eigenvalue weighted by Gasteiger charge is -2.07. The van der Waals surface area contributed by atoms with Crippen LogP contribution in [0, 0.1) is 13.8 Å². The summed E-state index contributed by atoms with van der Waals surface area (Å²) >= 11 is 0. The first-order valence-corrected chi connectivity index (χ1v) is 6.04. The topological polar surface area (TPSA) is 57.8 Å². The number of anilines is 1. The van der Waals surface area contributed by atoms with Gasteiger partial charge in [0.15, 0.2) is 5.82 Å². The third kappa shape index (κ3) is 2.27. The van der Waals surface area contributed by atoms with Gasteiger partial charge in [-0.3, -0.25) is 9.89 Å². The summed E-state index contributed by atoms with van der Waals surface area (Å²) in [6.07, 6.45) is 0.835. The Morgan fingerprint density at radius 3 is 2.67 bits per heavy atom. The van der Waals surface area contributed by atoms with Gasteiger partial charge in [0.1, 0.15) is 0 Å². The van der Waals surface area contributed by atoms with Gasteiger partial charge in [-0.25, -0.2) is 0 Å². The third-order valence-electron chi connectivity index (χ3n) is 3.13. The van der Waals surface area contributed by atoms with Gasteiger partial charge in [0.25, 0.3) is 5.91 Å². The molecule has 0 fully saturated rings. The van der Waals surface area contributed by atoms with Gasteiger partial charge < -0.3 is 5.32 Å². The minimum Gasteiger partial charge on any atom is -0.305 e. The van der Waals surface area contributed by atoms with Crippen LogP contribution >= 0.6 is 0 Å². The normalized spacial score (nSPS) is 10.4. The number of aromatic nitrogens is 2. The van der Waals surface area contributed by atoms with Crippen LogP contribution in [0.4, 0.5) is 5.82 Å². The van der Waals surface area contributed by atoms with Gasteiger partial charge in [0.2, 0.25) is 0 Å². The summed E-state index contributed by atoms with van der Waals surface area (Å²) in [6, 6.07) is 7.62. The van der Waals surface area contributed by atoms with E-state index in [1.54, 1.807) is 0 Å². The van der Waals surface area contributed by atoms with Crippen LogP contribution in [-0.2, 0) is 6.42 Å². The van der Waals surface area contributed by atoms with Gasteiger partial charge in [-0.05, 0) is 31.9 Å². The molecule has 0 radical (unpaired) electrons. The molecule has 0 aliphatic heterocycles. The van der Waals surface area contributed by atoms with Crippen molar-refractivity contribution >= 4 is 11.7 Å². The van der Waals surface area contributed by atoms with Crippen LogP contribution in [0.2, 0.25) is 0 Å². The average Bonchev–Trinajstić information content (AvgIpc) is 2.70. The van der Waals surface area contributed by atoms with Gasteiger partial charge >= 0.3 is 0 Å². The number of nitrogens with zero attached hydrogens (tertiary/aromatic N) is 1. The highest BCUT2D eigenvalue weighted by Gasteiger charge is 2.13. The molecule has 1 amide bonds. The number of aromatic amines is 1. The van der Waals surface area contributed by atoms with Crippen LogP contribution in [0.3, 0.4) is 0 Å². The first-order valence-electron chi connectivity index (χ1n) is 6.04. The summed E-state index contributed by atoms with van der Waals surface area (Å²) < 4.78 is 0. The van der Waals surface area contributed by atoms with E-state index in [0.717, 1.165) is 23.2 Å². The summed E-state index contributed by atoms with van der Waals surface area (Å²) in [5.41, 5.74) is 3.69. The molecule has 2 rings (SSSR count). The van der Waals surface area contributed by atoms with Gasteiger partial charge in [-0.1, -0.05) is 25.1 Å². The van der Waals surface area contributed by atoms with E-state index in [0.29, 0.717) is 11.4 Å². The molecule has 1 aromatic carbocycles. The number of benzene rings is 1. The van der Waals surface area contributed by atoms with E-state index in [9.17, 15) is 4.79 Å². The van der Waals surface area contributed by atoms with Gasteiger partial charge in [-0.15, -0.1) is 0 Å². The van der Waals surface area contributed by atoms with E-state index in [2.05, 4.69) is 15.5 Å². The SMILES string of the molecule is CCc1ccccc1C(=O)Nc1n[nH]c(C)c1C. The largest absolute Gasteiger partial charge is 0.305 e. The van der Waals surface area contributed by atoms with Crippen LogP contribution in [0.1, 0.15) is 34.1 Å². The number of aryl methyl sites for hydroxylation is 2. The molecule has 1 heterocycles. The summed E-state index contributed by atoms with van der Waals surface area (Å²) in [6.45, 7) is 5.90. The Morgan fingerprint density at radius 2 is 2.06 bits per heavy atom. The summed E-state index contributed by atoms with van der Waals surface area (Å²) in [7, 11) is 0. The lowest BCUT2D eigenvalue weighted by atomic mass is 10.0. The molecule has 94 valence electrons. The Balaban J connectivity index is 2.25. The number of carbonyl (C=O) groups is 1. The van der Waals surface area contributed by atoms with Crippen molar-refractivity contribution in [3.63, 3.8) is 0 Å². The Morgan fingerprint density at radius 1 is 1.33 bits per heavy atom. The second kappa shape index (κ2) is 5.04. The van der Waals surface area contributed by atoms with Crippen molar-refractivity contribution in [2.24, 2.45) is 0 Å². The monoisotopic (exact) mass is 243 g/mol. The van der Waals surface area contributed by atoms with E-state index in [-0.39, 0.29) is 5.91 Å². The van der Waals surface area contributed by atoms with Crippen molar-refractivity contribution in [1.29, 1.82) is 0 Å². The zero-order valence-electron chi connectivity index (χ0n) is 10.9. The Labute approximate surface area is 106 Å². The maximum Gasteiger partial charge on any atom is 0.257 e. The Hall–Kier alpha value is -2.10. The number of amides is 1. The van der Waals surface area contributed by atoms with Gasteiger partial charge in [0, 0.05) is 16.8 Å². The molecule has 0 aliphatic rings. The third-order valence-corrected chi connectivity index (χ3v) is 3.13. The minimum absolute atomic E-state index is 0.109. The van der Waals surface area contributed by atoms with E-state index >= 15 is 0 Å². The molecule has 4 heteroatoms. The van der Waals surface area contributed by atoms with Crippen LogP contribution in [0.15, 0.2) is 24.3 Å². The lowest BCUT2D eigenvalue weighted by Crippen LogP contribution is -2.15. The molecule has 0 unspecified atom stereocenters. The van der Waals surface area contributed by atoms with Crippen molar-refractivity contribution in [3.05, 3.63) is 46.6 Å². The molecule has 2 N–H and O–H groups in total. The zero-order valence-corrected chi connectivity index (χ0v) is 10.9. The fraction of sp³-hybridized carbons (Fsp3) is 0.286. The van der Waals surface area contributed by atoms with Gasteiger partial charge in [-0.2, -0.15) is 5.10 Å². The number of H-pyrrole nitrogens is 1. The summed E-state index contributed by atoms with van der Waals surface area (Å²) in [5, 5.41) is 9.78. The van der Waals surface area contributed by atoms with Crippen LogP contribution in [-0.4, -0.2) is 16.1 Å². The number of nitrogens with one attached hydrogen (secondary N) is 2. The molecule has 0 atom stereocenters. The predicted octanol–water partition coefficient (Wildman–Crippen LogP) is 2.84.